The average molecular weight is 465 g/mol. The van der Waals surface area contributed by atoms with Crippen molar-refractivity contribution in [2.24, 2.45) is 0 Å². The van der Waals surface area contributed by atoms with Crippen LogP contribution in [-0.4, -0.2) is 79.2 Å². The zero-order valence-corrected chi connectivity index (χ0v) is 18.9. The fraction of sp³-hybridized carbons (Fsp3) is 0.545. The van der Waals surface area contributed by atoms with E-state index in [0.29, 0.717) is 24.1 Å². The van der Waals surface area contributed by atoms with Gasteiger partial charge in [0.2, 0.25) is 0 Å². The number of benzene rings is 1. The Bertz CT molecular complexity index is 970. The van der Waals surface area contributed by atoms with Gasteiger partial charge in [0.25, 0.3) is 17.7 Å². The summed E-state index contributed by atoms with van der Waals surface area (Å²) in [5, 5.41) is 0. The molecule has 0 N–H and O–H groups in total. The second-order valence-electron chi connectivity index (χ2n) is 8.07. The predicted molar refractivity (Wildman–Crippen MR) is 116 cm³/mol. The molecule has 10 heteroatoms. The smallest absolute Gasteiger partial charge is 0.306 e. The largest absolute Gasteiger partial charge is 0.456 e. The molecule has 2 aliphatic heterocycles. The van der Waals surface area contributed by atoms with Gasteiger partial charge in [-0.3, -0.25) is 24.1 Å². The molecule has 1 fully saturated rings. The number of hydrogen-bond donors (Lipinski definition) is 0. The maximum Gasteiger partial charge on any atom is 0.306 e. The number of hydrogen-bond acceptors (Lipinski definition) is 7. The molecule has 2 aliphatic rings. The third kappa shape index (κ3) is 5.53. The van der Waals surface area contributed by atoms with E-state index in [-0.39, 0.29) is 48.7 Å². The summed E-state index contributed by atoms with van der Waals surface area (Å²) in [7, 11) is -3.14. The fourth-order valence-corrected chi connectivity index (χ4v) is 5.71. The van der Waals surface area contributed by atoms with Crippen molar-refractivity contribution in [2.75, 3.05) is 31.2 Å². The van der Waals surface area contributed by atoms with Crippen molar-refractivity contribution in [1.29, 1.82) is 0 Å². The van der Waals surface area contributed by atoms with Crippen LogP contribution in [0.15, 0.2) is 24.3 Å². The molecule has 0 aromatic heterocycles. The first-order chi connectivity index (χ1) is 15.2. The Kier molecular flexibility index (Phi) is 7.65. The fourth-order valence-electron chi connectivity index (χ4n) is 3.98. The Balaban J connectivity index is 1.45. The summed E-state index contributed by atoms with van der Waals surface area (Å²) in [5.74, 6) is -1.78. The molecule has 0 saturated carbocycles. The monoisotopic (exact) mass is 464 g/mol. The number of ether oxygens (including phenoxy) is 1. The highest BCUT2D eigenvalue weighted by atomic mass is 32.2. The minimum atomic E-state index is -3.14. The molecule has 9 nitrogen and oxygen atoms in total. The van der Waals surface area contributed by atoms with E-state index >= 15 is 0 Å². The highest BCUT2D eigenvalue weighted by Crippen LogP contribution is 2.23. The van der Waals surface area contributed by atoms with Gasteiger partial charge < -0.3 is 9.64 Å². The first-order valence-electron chi connectivity index (χ1n) is 10.8. The van der Waals surface area contributed by atoms with Crippen LogP contribution in [0.2, 0.25) is 0 Å². The second kappa shape index (κ2) is 10.2. The average Bonchev–Trinajstić information content (AvgIpc) is 3.24. The Hall–Kier alpha value is -2.75. The maximum atomic E-state index is 12.6. The molecule has 1 unspecified atom stereocenters. The van der Waals surface area contributed by atoms with Crippen molar-refractivity contribution in [3.05, 3.63) is 35.4 Å². The number of nitrogens with zero attached hydrogens (tertiary/aromatic N) is 2. The Morgan fingerprint density at radius 2 is 1.78 bits per heavy atom. The molecule has 2 heterocycles. The minimum absolute atomic E-state index is 0.0482. The summed E-state index contributed by atoms with van der Waals surface area (Å²) in [6.45, 7) is 2.03. The lowest BCUT2D eigenvalue weighted by atomic mass is 10.1. The van der Waals surface area contributed by atoms with Crippen molar-refractivity contribution in [3.63, 3.8) is 0 Å². The number of rotatable bonds is 10. The Morgan fingerprint density at radius 1 is 1.12 bits per heavy atom. The molecule has 0 aliphatic carbocycles. The van der Waals surface area contributed by atoms with E-state index in [9.17, 15) is 27.6 Å². The van der Waals surface area contributed by atoms with E-state index in [4.69, 9.17) is 4.74 Å². The van der Waals surface area contributed by atoms with E-state index in [1.807, 2.05) is 6.92 Å². The Labute approximate surface area is 187 Å². The lowest BCUT2D eigenvalue weighted by molar-refractivity contribution is -0.153. The third-order valence-electron chi connectivity index (χ3n) is 5.72. The molecular weight excluding hydrogens is 436 g/mol. The van der Waals surface area contributed by atoms with Gasteiger partial charge in [0.15, 0.2) is 16.4 Å². The molecule has 1 aromatic carbocycles. The number of esters is 1. The number of sulfone groups is 1. The summed E-state index contributed by atoms with van der Waals surface area (Å²) < 4.78 is 28.6. The Morgan fingerprint density at radius 3 is 2.34 bits per heavy atom. The molecular formula is C22H28N2O7S. The van der Waals surface area contributed by atoms with E-state index in [0.717, 1.165) is 17.7 Å². The number of imide groups is 1. The molecule has 1 saturated heterocycles. The van der Waals surface area contributed by atoms with Crippen LogP contribution in [0.25, 0.3) is 0 Å². The van der Waals surface area contributed by atoms with Gasteiger partial charge >= 0.3 is 5.97 Å². The molecule has 3 rings (SSSR count). The number of carbonyl (C=O) groups is 4. The van der Waals surface area contributed by atoms with Crippen LogP contribution in [0.5, 0.6) is 0 Å². The molecule has 1 aromatic rings. The van der Waals surface area contributed by atoms with E-state index in [2.05, 4.69) is 0 Å². The summed E-state index contributed by atoms with van der Waals surface area (Å²) >= 11 is 0. The van der Waals surface area contributed by atoms with Gasteiger partial charge in [0.1, 0.15) is 0 Å². The summed E-state index contributed by atoms with van der Waals surface area (Å²) in [6, 6.07) is 6.18. The first-order valence-corrected chi connectivity index (χ1v) is 12.7. The zero-order valence-electron chi connectivity index (χ0n) is 18.1. The summed E-state index contributed by atoms with van der Waals surface area (Å²) in [5.41, 5.74) is 0.707. The highest BCUT2D eigenvalue weighted by Gasteiger charge is 2.35. The van der Waals surface area contributed by atoms with E-state index < -0.39 is 28.3 Å². The van der Waals surface area contributed by atoms with Crippen LogP contribution >= 0.6 is 0 Å². The standard InChI is InChI=1S/C22H28N2O7S/c1-2-3-11-23(16-10-13-32(29,30)15-16)19(25)14-31-20(26)9-6-12-24-21(27)17-7-4-5-8-18(17)22(24)28/h4-5,7-8,16H,2-3,6,9-15H2,1H3. The van der Waals surface area contributed by atoms with Crippen molar-refractivity contribution in [3.8, 4) is 0 Å². The van der Waals surface area contributed by atoms with Crippen LogP contribution in [0.1, 0.15) is 59.7 Å². The van der Waals surface area contributed by atoms with Crippen molar-refractivity contribution in [2.45, 2.75) is 45.1 Å². The van der Waals surface area contributed by atoms with E-state index in [1.165, 1.54) is 4.90 Å². The molecule has 3 amide bonds. The van der Waals surface area contributed by atoms with Crippen LogP contribution in [-0.2, 0) is 24.2 Å². The lowest BCUT2D eigenvalue weighted by Gasteiger charge is -2.28. The lowest BCUT2D eigenvalue weighted by Crippen LogP contribution is -2.43. The van der Waals surface area contributed by atoms with Gasteiger partial charge in [-0.05, 0) is 31.4 Å². The van der Waals surface area contributed by atoms with Gasteiger partial charge in [-0.2, -0.15) is 0 Å². The topological polar surface area (TPSA) is 118 Å². The van der Waals surface area contributed by atoms with Crippen LogP contribution in [0, 0.1) is 0 Å². The molecule has 0 spiro atoms. The third-order valence-corrected chi connectivity index (χ3v) is 7.47. The molecule has 0 radical (unpaired) electrons. The van der Waals surface area contributed by atoms with Gasteiger partial charge in [-0.25, -0.2) is 8.42 Å². The van der Waals surface area contributed by atoms with Gasteiger partial charge in [0, 0.05) is 25.6 Å². The van der Waals surface area contributed by atoms with Gasteiger partial charge in [-0.1, -0.05) is 25.5 Å². The first kappa shape index (κ1) is 23.9. The number of unbranched alkanes of at least 4 members (excludes halogenated alkanes) is 1. The van der Waals surface area contributed by atoms with Crippen LogP contribution in [0.3, 0.4) is 0 Å². The number of amides is 3. The highest BCUT2D eigenvalue weighted by molar-refractivity contribution is 7.91. The van der Waals surface area contributed by atoms with Crippen molar-refractivity contribution < 1.29 is 32.3 Å². The second-order valence-corrected chi connectivity index (χ2v) is 10.3. The van der Waals surface area contributed by atoms with Gasteiger partial charge in [0.05, 0.1) is 22.6 Å². The van der Waals surface area contributed by atoms with Crippen molar-refractivity contribution in [1.82, 2.24) is 9.80 Å². The quantitative estimate of drug-likeness (QED) is 0.380. The minimum Gasteiger partial charge on any atom is -0.456 e. The maximum absolute atomic E-state index is 12.6. The van der Waals surface area contributed by atoms with Crippen molar-refractivity contribution >= 4 is 33.5 Å². The SMILES string of the molecule is CCCCN(C(=O)COC(=O)CCCN1C(=O)c2ccccc2C1=O)C1CCS(=O)(=O)C1. The number of fused-ring (bicyclic) bond motifs is 1. The number of carbonyl (C=O) groups excluding carboxylic acids is 4. The predicted octanol–water partition coefficient (Wildman–Crippen LogP) is 1.42. The van der Waals surface area contributed by atoms with Gasteiger partial charge in [-0.15, -0.1) is 0 Å². The summed E-state index contributed by atoms with van der Waals surface area (Å²) in [6.07, 6.45) is 2.15. The molecule has 32 heavy (non-hydrogen) atoms. The normalized spacial score (nSPS) is 19.2. The molecule has 174 valence electrons. The summed E-state index contributed by atoms with van der Waals surface area (Å²) in [4.78, 5) is 52.0. The zero-order chi connectivity index (χ0) is 23.3. The van der Waals surface area contributed by atoms with E-state index in [1.54, 1.807) is 24.3 Å². The van der Waals surface area contributed by atoms with Crippen LogP contribution in [0.4, 0.5) is 0 Å². The molecule has 0 bridgehead atoms. The van der Waals surface area contributed by atoms with Crippen LogP contribution < -0.4 is 0 Å². The molecule has 1 atom stereocenters.